The molecule has 2 heteroatoms. The molecule has 0 saturated heterocycles. The van der Waals surface area contributed by atoms with Crippen LogP contribution in [0.2, 0.25) is 0 Å². The number of ether oxygens (including phenoxy) is 1. The zero-order valence-electron chi connectivity index (χ0n) is 11.1. The molecule has 0 radical (unpaired) electrons. The van der Waals surface area contributed by atoms with E-state index in [9.17, 15) is 0 Å². The maximum absolute atomic E-state index is 5.29. The maximum Gasteiger partial charge on any atom is 0.0667 e. The molecular weight excluding hydrogens is 210 g/mol. The van der Waals surface area contributed by atoms with Crippen LogP contribution in [0.3, 0.4) is 0 Å². The Morgan fingerprint density at radius 3 is 2.53 bits per heavy atom. The van der Waals surface area contributed by atoms with Gasteiger partial charge in [0.05, 0.1) is 12.6 Å². The Hall–Kier alpha value is -1.28. The molecule has 0 fully saturated rings. The third-order valence-electron chi connectivity index (χ3n) is 3.22. The van der Waals surface area contributed by atoms with Crippen LogP contribution in [0.4, 0.5) is 0 Å². The van der Waals surface area contributed by atoms with Crippen molar-refractivity contribution in [2.45, 2.75) is 32.7 Å². The van der Waals surface area contributed by atoms with E-state index in [4.69, 9.17) is 4.74 Å². The number of benzene rings is 1. The first-order valence-corrected chi connectivity index (χ1v) is 6.24. The van der Waals surface area contributed by atoms with Crippen LogP contribution in [-0.4, -0.2) is 18.3 Å². The van der Waals surface area contributed by atoms with Crippen LogP contribution in [0.5, 0.6) is 0 Å². The van der Waals surface area contributed by atoms with E-state index in [1.807, 2.05) is 0 Å². The van der Waals surface area contributed by atoms with E-state index in [-0.39, 0.29) is 0 Å². The number of nitrogens with zero attached hydrogens (tertiary/aromatic N) is 1. The van der Waals surface area contributed by atoms with Gasteiger partial charge in [0, 0.05) is 18.3 Å². The molecule has 0 N–H and O–H groups in total. The fourth-order valence-electron chi connectivity index (χ4n) is 2.45. The summed E-state index contributed by atoms with van der Waals surface area (Å²) in [5.74, 6) is 0.529. The van der Waals surface area contributed by atoms with Crippen LogP contribution in [0.1, 0.15) is 38.4 Å². The minimum Gasteiger partial charge on any atom is -0.383 e. The van der Waals surface area contributed by atoms with Crippen LogP contribution < -0.4 is 0 Å². The molecular formula is C15H21NO. The van der Waals surface area contributed by atoms with Gasteiger partial charge in [0.2, 0.25) is 0 Å². The van der Waals surface area contributed by atoms with Crippen LogP contribution >= 0.6 is 0 Å². The molecule has 0 aliphatic carbocycles. The molecule has 17 heavy (non-hydrogen) atoms. The molecule has 1 heterocycles. The van der Waals surface area contributed by atoms with Gasteiger partial charge in [-0.05, 0) is 30.4 Å². The highest BCUT2D eigenvalue weighted by atomic mass is 16.5. The number of fused-ring (bicyclic) bond motifs is 1. The van der Waals surface area contributed by atoms with Crippen molar-refractivity contribution in [3.05, 3.63) is 36.0 Å². The third kappa shape index (κ3) is 2.22. The van der Waals surface area contributed by atoms with Crippen molar-refractivity contribution < 1.29 is 4.74 Å². The van der Waals surface area contributed by atoms with Gasteiger partial charge in [-0.2, -0.15) is 0 Å². The van der Waals surface area contributed by atoms with Crippen LogP contribution in [0.25, 0.3) is 10.9 Å². The molecule has 92 valence electrons. The van der Waals surface area contributed by atoms with E-state index in [0.29, 0.717) is 12.0 Å². The SMILES string of the molecule is COCC(C)n1c(C(C)C)cc2ccccc21. The number of hydrogen-bond acceptors (Lipinski definition) is 1. The highest BCUT2D eigenvalue weighted by Gasteiger charge is 2.15. The summed E-state index contributed by atoms with van der Waals surface area (Å²) in [4.78, 5) is 0. The largest absolute Gasteiger partial charge is 0.383 e. The molecule has 1 aromatic carbocycles. The van der Waals surface area contributed by atoms with Crippen LogP contribution in [0, 0.1) is 0 Å². The quantitative estimate of drug-likeness (QED) is 0.776. The summed E-state index contributed by atoms with van der Waals surface area (Å²) < 4.78 is 7.70. The summed E-state index contributed by atoms with van der Waals surface area (Å²) in [5, 5.41) is 1.32. The molecule has 0 aliphatic rings. The van der Waals surface area contributed by atoms with E-state index < -0.39 is 0 Å². The number of hydrogen-bond donors (Lipinski definition) is 0. The average molecular weight is 231 g/mol. The Kier molecular flexibility index (Phi) is 3.53. The van der Waals surface area contributed by atoms with Gasteiger partial charge in [-0.25, -0.2) is 0 Å². The molecule has 1 atom stereocenters. The minimum atomic E-state index is 0.373. The Labute approximate surface area is 103 Å². The fraction of sp³-hybridized carbons (Fsp3) is 0.467. The third-order valence-corrected chi connectivity index (χ3v) is 3.22. The van der Waals surface area contributed by atoms with E-state index >= 15 is 0 Å². The highest BCUT2D eigenvalue weighted by molar-refractivity contribution is 5.81. The standard InChI is InChI=1S/C15H21NO/c1-11(2)15-9-13-7-5-6-8-14(13)16(15)12(3)10-17-4/h5-9,11-12H,10H2,1-4H3. The lowest BCUT2D eigenvalue weighted by Gasteiger charge is -2.20. The summed E-state index contributed by atoms with van der Waals surface area (Å²) in [5.41, 5.74) is 2.69. The van der Waals surface area contributed by atoms with Crippen molar-refractivity contribution in [2.75, 3.05) is 13.7 Å². The predicted octanol–water partition coefficient (Wildman–Crippen LogP) is 3.97. The molecule has 2 rings (SSSR count). The first-order chi connectivity index (χ1) is 8.15. The molecule has 2 aromatic rings. The molecule has 1 aromatic heterocycles. The van der Waals surface area contributed by atoms with Crippen LogP contribution in [0.15, 0.2) is 30.3 Å². The predicted molar refractivity (Wildman–Crippen MR) is 72.6 cm³/mol. The molecule has 0 amide bonds. The van der Waals surface area contributed by atoms with E-state index in [1.165, 1.54) is 16.6 Å². The van der Waals surface area contributed by atoms with Crippen molar-refractivity contribution in [1.82, 2.24) is 4.57 Å². The second-order valence-electron chi connectivity index (χ2n) is 4.96. The van der Waals surface area contributed by atoms with Gasteiger partial charge >= 0.3 is 0 Å². The lowest BCUT2D eigenvalue weighted by atomic mass is 10.1. The van der Waals surface area contributed by atoms with Crippen molar-refractivity contribution in [3.8, 4) is 0 Å². The summed E-state index contributed by atoms with van der Waals surface area (Å²) >= 11 is 0. The lowest BCUT2D eigenvalue weighted by molar-refractivity contribution is 0.162. The monoisotopic (exact) mass is 231 g/mol. The normalized spacial score (nSPS) is 13.5. The molecule has 0 bridgehead atoms. The van der Waals surface area contributed by atoms with Gasteiger partial charge in [0.25, 0.3) is 0 Å². The molecule has 0 aliphatic heterocycles. The summed E-state index contributed by atoms with van der Waals surface area (Å²) in [6, 6.07) is 11.2. The summed E-state index contributed by atoms with van der Waals surface area (Å²) in [7, 11) is 1.76. The number of methoxy groups -OCH3 is 1. The smallest absolute Gasteiger partial charge is 0.0667 e. The molecule has 0 saturated carbocycles. The van der Waals surface area contributed by atoms with Gasteiger partial charge in [0.1, 0.15) is 0 Å². The van der Waals surface area contributed by atoms with Gasteiger partial charge in [-0.1, -0.05) is 32.0 Å². The maximum atomic E-state index is 5.29. The summed E-state index contributed by atoms with van der Waals surface area (Å²) in [6.45, 7) is 7.44. The second kappa shape index (κ2) is 4.92. The zero-order chi connectivity index (χ0) is 12.4. The Bertz CT molecular complexity index is 499. The second-order valence-corrected chi connectivity index (χ2v) is 4.96. The van der Waals surface area contributed by atoms with E-state index in [0.717, 1.165) is 6.61 Å². The highest BCUT2D eigenvalue weighted by Crippen LogP contribution is 2.28. The molecule has 2 nitrogen and oxygen atoms in total. The first kappa shape index (κ1) is 12.2. The Balaban J connectivity index is 2.59. The lowest BCUT2D eigenvalue weighted by Crippen LogP contribution is -2.14. The molecule has 0 spiro atoms. The zero-order valence-corrected chi connectivity index (χ0v) is 11.1. The van der Waals surface area contributed by atoms with Crippen molar-refractivity contribution >= 4 is 10.9 Å². The van der Waals surface area contributed by atoms with Gasteiger partial charge in [0.15, 0.2) is 0 Å². The van der Waals surface area contributed by atoms with Crippen molar-refractivity contribution in [1.29, 1.82) is 0 Å². The number of para-hydroxylation sites is 1. The Morgan fingerprint density at radius 1 is 1.18 bits per heavy atom. The van der Waals surface area contributed by atoms with Gasteiger partial charge in [-0.15, -0.1) is 0 Å². The van der Waals surface area contributed by atoms with Crippen LogP contribution in [-0.2, 0) is 4.74 Å². The molecule has 1 unspecified atom stereocenters. The number of aromatic nitrogens is 1. The van der Waals surface area contributed by atoms with Gasteiger partial charge < -0.3 is 9.30 Å². The first-order valence-electron chi connectivity index (χ1n) is 6.24. The number of rotatable bonds is 4. The minimum absolute atomic E-state index is 0.373. The van der Waals surface area contributed by atoms with Gasteiger partial charge in [-0.3, -0.25) is 0 Å². The summed E-state index contributed by atoms with van der Waals surface area (Å²) in [6.07, 6.45) is 0. The van der Waals surface area contributed by atoms with E-state index in [2.05, 4.69) is 55.7 Å². The van der Waals surface area contributed by atoms with E-state index in [1.54, 1.807) is 7.11 Å². The van der Waals surface area contributed by atoms with Crippen molar-refractivity contribution in [2.24, 2.45) is 0 Å². The average Bonchev–Trinajstić information content (AvgIpc) is 2.68. The topological polar surface area (TPSA) is 14.2 Å². The Morgan fingerprint density at radius 2 is 1.88 bits per heavy atom. The fourth-order valence-corrected chi connectivity index (χ4v) is 2.45. The van der Waals surface area contributed by atoms with Crippen molar-refractivity contribution in [3.63, 3.8) is 0 Å².